The zero-order chi connectivity index (χ0) is 13.8. The third-order valence-corrected chi connectivity index (χ3v) is 5.52. The minimum absolute atomic E-state index is 0.0774. The zero-order valence-corrected chi connectivity index (χ0v) is 12.7. The first-order valence-corrected chi connectivity index (χ1v) is 8.78. The van der Waals surface area contributed by atoms with Gasteiger partial charge in [0.15, 0.2) is 0 Å². The molecule has 0 saturated carbocycles. The highest BCUT2D eigenvalue weighted by atomic mass is 35.7. The predicted molar refractivity (Wildman–Crippen MR) is 73.6 cm³/mol. The van der Waals surface area contributed by atoms with Gasteiger partial charge in [-0.3, -0.25) is 4.79 Å². The van der Waals surface area contributed by atoms with Gasteiger partial charge in [0.05, 0.1) is 6.42 Å². The molecule has 1 aromatic rings. The SMILES string of the molecule is CCCC(C)NC(=O)Cc1ccc(S(=O)(=O)Cl)s1. The molecule has 102 valence electrons. The summed E-state index contributed by atoms with van der Waals surface area (Å²) in [6.07, 6.45) is 2.12. The summed E-state index contributed by atoms with van der Waals surface area (Å²) in [4.78, 5) is 12.4. The van der Waals surface area contributed by atoms with Crippen molar-refractivity contribution in [1.82, 2.24) is 5.32 Å². The Morgan fingerprint density at radius 3 is 2.67 bits per heavy atom. The molecule has 18 heavy (non-hydrogen) atoms. The van der Waals surface area contributed by atoms with Crippen LogP contribution in [0.2, 0.25) is 0 Å². The van der Waals surface area contributed by atoms with Crippen molar-refractivity contribution in [3.05, 3.63) is 17.0 Å². The Bertz CT molecular complexity index is 510. The number of hydrogen-bond donors (Lipinski definition) is 1. The lowest BCUT2D eigenvalue weighted by molar-refractivity contribution is -0.121. The smallest absolute Gasteiger partial charge is 0.270 e. The molecule has 0 saturated heterocycles. The van der Waals surface area contributed by atoms with Crippen LogP contribution in [0.1, 0.15) is 31.6 Å². The molecule has 0 aliphatic rings. The Kier molecular flexibility index (Phi) is 5.62. The molecule has 0 spiro atoms. The third kappa shape index (κ3) is 4.96. The number of carbonyl (C=O) groups is 1. The fourth-order valence-corrected chi connectivity index (χ4v) is 3.70. The van der Waals surface area contributed by atoms with Gasteiger partial charge in [-0.25, -0.2) is 8.42 Å². The largest absolute Gasteiger partial charge is 0.353 e. The summed E-state index contributed by atoms with van der Waals surface area (Å²) in [5, 5.41) is 2.86. The highest BCUT2D eigenvalue weighted by molar-refractivity contribution is 8.15. The summed E-state index contributed by atoms with van der Waals surface area (Å²) in [5.74, 6) is -0.101. The number of halogens is 1. The van der Waals surface area contributed by atoms with Crippen molar-refractivity contribution in [2.45, 2.75) is 43.4 Å². The van der Waals surface area contributed by atoms with Crippen LogP contribution < -0.4 is 5.32 Å². The number of nitrogens with one attached hydrogen (secondary N) is 1. The van der Waals surface area contributed by atoms with Crippen LogP contribution in [0.15, 0.2) is 16.3 Å². The Hall–Kier alpha value is -0.590. The summed E-state index contributed by atoms with van der Waals surface area (Å²) >= 11 is 1.03. The summed E-state index contributed by atoms with van der Waals surface area (Å²) in [6, 6.07) is 3.17. The molecule has 0 bridgehead atoms. The lowest BCUT2D eigenvalue weighted by Gasteiger charge is -2.11. The second-order valence-corrected chi connectivity index (χ2v) is 8.05. The van der Waals surface area contributed by atoms with Crippen LogP contribution in [-0.4, -0.2) is 20.4 Å². The second kappa shape index (κ2) is 6.54. The van der Waals surface area contributed by atoms with Crippen LogP contribution in [0.3, 0.4) is 0 Å². The molecule has 4 nitrogen and oxygen atoms in total. The van der Waals surface area contributed by atoms with E-state index >= 15 is 0 Å². The quantitative estimate of drug-likeness (QED) is 0.821. The molecule has 0 aliphatic heterocycles. The van der Waals surface area contributed by atoms with Crippen LogP contribution >= 0.6 is 22.0 Å². The fourth-order valence-electron chi connectivity index (χ4n) is 1.57. The molecule has 1 rings (SSSR count). The molecule has 1 heterocycles. The van der Waals surface area contributed by atoms with Crippen molar-refractivity contribution in [3.8, 4) is 0 Å². The number of carbonyl (C=O) groups excluding carboxylic acids is 1. The fraction of sp³-hybridized carbons (Fsp3) is 0.545. The van der Waals surface area contributed by atoms with E-state index in [2.05, 4.69) is 12.2 Å². The standard InChI is InChI=1S/C11H16ClNO3S2/c1-3-4-8(2)13-10(14)7-9-5-6-11(17-9)18(12,15)16/h5-6,8H,3-4,7H2,1-2H3,(H,13,14). The van der Waals surface area contributed by atoms with Gasteiger partial charge in [-0.15, -0.1) is 11.3 Å². The van der Waals surface area contributed by atoms with Gasteiger partial charge in [0.2, 0.25) is 5.91 Å². The van der Waals surface area contributed by atoms with E-state index in [9.17, 15) is 13.2 Å². The lowest BCUT2D eigenvalue weighted by Crippen LogP contribution is -2.33. The first-order valence-electron chi connectivity index (χ1n) is 5.65. The first-order chi connectivity index (χ1) is 8.32. The zero-order valence-electron chi connectivity index (χ0n) is 10.3. The Morgan fingerprint density at radius 1 is 1.50 bits per heavy atom. The minimum atomic E-state index is -3.69. The van der Waals surface area contributed by atoms with Crippen LogP contribution in [0.4, 0.5) is 0 Å². The molecule has 0 radical (unpaired) electrons. The van der Waals surface area contributed by atoms with Crippen molar-refractivity contribution >= 4 is 37.0 Å². The maximum Gasteiger partial charge on any atom is 0.270 e. The maximum atomic E-state index is 11.7. The maximum absolute atomic E-state index is 11.7. The first kappa shape index (κ1) is 15.5. The molecule has 0 fully saturated rings. The molecule has 7 heteroatoms. The lowest BCUT2D eigenvalue weighted by atomic mass is 10.2. The monoisotopic (exact) mass is 309 g/mol. The van der Waals surface area contributed by atoms with Crippen molar-refractivity contribution in [1.29, 1.82) is 0 Å². The van der Waals surface area contributed by atoms with Gasteiger partial charge in [-0.2, -0.15) is 0 Å². The Labute approximate surface area is 116 Å². The topological polar surface area (TPSA) is 63.2 Å². The van der Waals surface area contributed by atoms with Crippen molar-refractivity contribution in [2.24, 2.45) is 0 Å². The van der Waals surface area contributed by atoms with E-state index in [0.717, 1.165) is 24.2 Å². The van der Waals surface area contributed by atoms with E-state index in [1.54, 1.807) is 6.07 Å². The average Bonchev–Trinajstić information content (AvgIpc) is 2.65. The number of rotatable bonds is 6. The van der Waals surface area contributed by atoms with Crippen molar-refractivity contribution in [3.63, 3.8) is 0 Å². The Morgan fingerprint density at radius 2 is 2.17 bits per heavy atom. The van der Waals surface area contributed by atoms with Gasteiger partial charge < -0.3 is 5.32 Å². The van der Waals surface area contributed by atoms with Crippen LogP contribution in [-0.2, 0) is 20.3 Å². The van der Waals surface area contributed by atoms with Gasteiger partial charge >= 0.3 is 0 Å². The molecule has 0 aliphatic carbocycles. The van der Waals surface area contributed by atoms with Crippen LogP contribution in [0.25, 0.3) is 0 Å². The molecule has 1 atom stereocenters. The van der Waals surface area contributed by atoms with Gasteiger partial charge in [-0.05, 0) is 25.5 Å². The normalized spacial score (nSPS) is 13.3. The molecular weight excluding hydrogens is 294 g/mol. The molecule has 1 amide bonds. The Balaban J connectivity index is 2.58. The number of thiophene rings is 1. The summed E-state index contributed by atoms with van der Waals surface area (Å²) < 4.78 is 22.2. The summed E-state index contributed by atoms with van der Waals surface area (Å²) in [6.45, 7) is 4.00. The van der Waals surface area contributed by atoms with Gasteiger partial charge in [0.1, 0.15) is 4.21 Å². The molecule has 1 unspecified atom stereocenters. The van der Waals surface area contributed by atoms with E-state index < -0.39 is 9.05 Å². The highest BCUT2D eigenvalue weighted by Crippen LogP contribution is 2.25. The average molecular weight is 310 g/mol. The van der Waals surface area contributed by atoms with Crippen molar-refractivity contribution in [2.75, 3.05) is 0 Å². The summed E-state index contributed by atoms with van der Waals surface area (Å²) in [5.41, 5.74) is 0. The third-order valence-electron chi connectivity index (χ3n) is 2.34. The van der Waals surface area contributed by atoms with Crippen LogP contribution in [0, 0.1) is 0 Å². The predicted octanol–water partition coefficient (Wildman–Crippen LogP) is 2.52. The van der Waals surface area contributed by atoms with Gasteiger partial charge in [-0.1, -0.05) is 13.3 Å². The van der Waals surface area contributed by atoms with Crippen LogP contribution in [0.5, 0.6) is 0 Å². The van der Waals surface area contributed by atoms with E-state index in [1.807, 2.05) is 6.92 Å². The number of amides is 1. The van der Waals surface area contributed by atoms with Gasteiger partial charge in [0, 0.05) is 21.6 Å². The van der Waals surface area contributed by atoms with E-state index in [-0.39, 0.29) is 22.6 Å². The molecule has 0 aromatic carbocycles. The minimum Gasteiger partial charge on any atom is -0.353 e. The highest BCUT2D eigenvalue weighted by Gasteiger charge is 2.15. The summed E-state index contributed by atoms with van der Waals surface area (Å²) in [7, 11) is 1.53. The molecular formula is C11H16ClNO3S2. The van der Waals surface area contributed by atoms with Gasteiger partial charge in [0.25, 0.3) is 9.05 Å². The van der Waals surface area contributed by atoms with E-state index in [4.69, 9.17) is 10.7 Å². The van der Waals surface area contributed by atoms with E-state index in [0.29, 0.717) is 4.88 Å². The molecule has 1 N–H and O–H groups in total. The molecule has 1 aromatic heterocycles. The van der Waals surface area contributed by atoms with Crippen molar-refractivity contribution < 1.29 is 13.2 Å². The van der Waals surface area contributed by atoms with E-state index in [1.165, 1.54) is 6.07 Å². The number of hydrogen-bond acceptors (Lipinski definition) is 4. The second-order valence-electron chi connectivity index (χ2n) is 4.09.